The van der Waals surface area contributed by atoms with Crippen molar-refractivity contribution in [2.75, 3.05) is 33.9 Å². The lowest BCUT2D eigenvalue weighted by atomic mass is 9.62. The number of likely N-dealkylation sites (tertiary alicyclic amines) is 1. The molecule has 34 heavy (non-hydrogen) atoms. The minimum atomic E-state index is -1.16. The van der Waals surface area contributed by atoms with Gasteiger partial charge in [0, 0.05) is 31.2 Å². The molecule has 1 fully saturated rings. The maximum absolute atomic E-state index is 12.4. The Balaban J connectivity index is 1.77. The molecule has 2 heterocycles. The van der Waals surface area contributed by atoms with E-state index in [0.717, 1.165) is 29.8 Å². The topological polar surface area (TPSA) is 71.6 Å². The Bertz CT molecular complexity index is 1130. The van der Waals surface area contributed by atoms with Crippen LogP contribution in [0.5, 0.6) is 0 Å². The number of hydrogen-bond donors (Lipinski definition) is 1. The molecule has 182 valence electrons. The van der Waals surface area contributed by atoms with E-state index < -0.39 is 5.60 Å². The van der Waals surface area contributed by atoms with Crippen molar-refractivity contribution in [3.8, 4) is 11.4 Å². The van der Waals surface area contributed by atoms with E-state index in [1.54, 1.807) is 7.11 Å². The van der Waals surface area contributed by atoms with E-state index in [0.29, 0.717) is 24.2 Å². The summed E-state index contributed by atoms with van der Waals surface area (Å²) in [7, 11) is 3.75. The second kappa shape index (κ2) is 8.91. The SMILES string of the molecule is COCC(C)(C)c1nc(-c2cccc([C@@](O)(c3ccc(C(C)C)cc3)C3(C)CN(C)C3)c2)no1. The monoisotopic (exact) mass is 463 g/mol. The first-order valence-corrected chi connectivity index (χ1v) is 12.0. The molecule has 0 amide bonds. The van der Waals surface area contributed by atoms with Gasteiger partial charge in [-0.3, -0.25) is 0 Å². The van der Waals surface area contributed by atoms with Gasteiger partial charge >= 0.3 is 0 Å². The average molecular weight is 464 g/mol. The van der Waals surface area contributed by atoms with Crippen molar-refractivity contribution in [2.45, 2.75) is 51.6 Å². The van der Waals surface area contributed by atoms with E-state index in [1.165, 1.54) is 5.56 Å². The highest BCUT2D eigenvalue weighted by atomic mass is 16.5. The third-order valence-corrected chi connectivity index (χ3v) is 7.16. The fourth-order valence-electron chi connectivity index (χ4n) is 5.27. The molecule has 6 nitrogen and oxygen atoms in total. The standard InChI is InChI=1S/C28H37N3O3/c1-19(2)20-11-13-22(14-12-20)28(32,27(5)16-31(6)17-27)23-10-8-9-21(15-23)24-29-25(34-30-24)26(3,4)18-33-7/h8-15,19,32H,16-18H2,1-7H3/t28-/m0/s1. The first-order valence-electron chi connectivity index (χ1n) is 12.0. The summed E-state index contributed by atoms with van der Waals surface area (Å²) in [5, 5.41) is 16.7. The van der Waals surface area contributed by atoms with Gasteiger partial charge in [-0.2, -0.15) is 4.98 Å². The van der Waals surface area contributed by atoms with Gasteiger partial charge in [0.2, 0.25) is 11.7 Å². The van der Waals surface area contributed by atoms with Gasteiger partial charge in [-0.15, -0.1) is 0 Å². The fraction of sp³-hybridized carbons (Fsp3) is 0.500. The number of rotatable bonds is 8. The Morgan fingerprint density at radius 3 is 2.38 bits per heavy atom. The van der Waals surface area contributed by atoms with Gasteiger partial charge < -0.3 is 19.3 Å². The Morgan fingerprint density at radius 1 is 1.12 bits per heavy atom. The minimum absolute atomic E-state index is 0.331. The minimum Gasteiger partial charge on any atom is -0.384 e. The molecular formula is C28H37N3O3. The summed E-state index contributed by atoms with van der Waals surface area (Å²) in [5.74, 6) is 1.47. The lowest BCUT2D eigenvalue weighted by Crippen LogP contribution is -2.63. The molecule has 0 unspecified atom stereocenters. The fourth-order valence-corrected chi connectivity index (χ4v) is 5.27. The smallest absolute Gasteiger partial charge is 0.234 e. The Kier molecular flexibility index (Phi) is 6.44. The zero-order chi connectivity index (χ0) is 24.7. The molecule has 3 aromatic rings. The van der Waals surface area contributed by atoms with Crippen LogP contribution < -0.4 is 0 Å². The third-order valence-electron chi connectivity index (χ3n) is 7.16. The second-order valence-corrected chi connectivity index (χ2v) is 11.0. The van der Waals surface area contributed by atoms with Gasteiger partial charge in [0.05, 0.1) is 12.0 Å². The number of ether oxygens (including phenoxy) is 1. The highest BCUT2D eigenvalue weighted by molar-refractivity contribution is 5.58. The third kappa shape index (κ3) is 4.19. The number of nitrogens with zero attached hydrogens (tertiary/aromatic N) is 3. The van der Waals surface area contributed by atoms with Gasteiger partial charge in [-0.25, -0.2) is 0 Å². The van der Waals surface area contributed by atoms with Crippen LogP contribution in [-0.4, -0.2) is 54.0 Å². The molecule has 0 spiro atoms. The first kappa shape index (κ1) is 24.6. The number of methoxy groups -OCH3 is 1. The van der Waals surface area contributed by atoms with Crippen LogP contribution in [0.1, 0.15) is 63.1 Å². The zero-order valence-corrected chi connectivity index (χ0v) is 21.4. The normalized spacial score (nSPS) is 18.0. The molecule has 6 heteroatoms. The number of hydrogen-bond acceptors (Lipinski definition) is 6. The van der Waals surface area contributed by atoms with Crippen molar-refractivity contribution < 1.29 is 14.4 Å². The summed E-state index contributed by atoms with van der Waals surface area (Å²) in [6, 6.07) is 16.3. The summed E-state index contributed by atoms with van der Waals surface area (Å²) in [6.07, 6.45) is 0. The molecule has 1 saturated heterocycles. The zero-order valence-electron chi connectivity index (χ0n) is 21.4. The van der Waals surface area contributed by atoms with Crippen molar-refractivity contribution in [3.63, 3.8) is 0 Å². The molecule has 1 aromatic heterocycles. The summed E-state index contributed by atoms with van der Waals surface area (Å²) >= 11 is 0. The van der Waals surface area contributed by atoms with Crippen molar-refractivity contribution in [1.29, 1.82) is 0 Å². The molecule has 0 radical (unpaired) electrons. The van der Waals surface area contributed by atoms with Gasteiger partial charge in [0.1, 0.15) is 5.60 Å². The lowest BCUT2D eigenvalue weighted by Gasteiger charge is -2.56. The first-order chi connectivity index (χ1) is 16.0. The predicted octanol–water partition coefficient (Wildman–Crippen LogP) is 4.97. The molecule has 4 rings (SSSR count). The van der Waals surface area contributed by atoms with Crippen LogP contribution in [0, 0.1) is 5.41 Å². The Hall–Kier alpha value is -2.54. The lowest BCUT2D eigenvalue weighted by molar-refractivity contribution is -0.127. The number of aliphatic hydroxyl groups is 1. The van der Waals surface area contributed by atoms with Crippen LogP contribution in [0.2, 0.25) is 0 Å². The van der Waals surface area contributed by atoms with Gasteiger partial charge in [0.25, 0.3) is 0 Å². The van der Waals surface area contributed by atoms with Crippen LogP contribution in [-0.2, 0) is 15.8 Å². The van der Waals surface area contributed by atoms with Crippen LogP contribution >= 0.6 is 0 Å². The van der Waals surface area contributed by atoms with Crippen LogP contribution in [0.4, 0.5) is 0 Å². The summed E-state index contributed by atoms with van der Waals surface area (Å²) in [5.41, 5.74) is 1.93. The van der Waals surface area contributed by atoms with E-state index in [1.807, 2.05) is 38.1 Å². The molecule has 0 aliphatic carbocycles. The van der Waals surface area contributed by atoms with Crippen molar-refractivity contribution in [1.82, 2.24) is 15.0 Å². The van der Waals surface area contributed by atoms with Gasteiger partial charge in [0.15, 0.2) is 0 Å². The number of benzene rings is 2. The van der Waals surface area contributed by atoms with Crippen LogP contribution in [0.3, 0.4) is 0 Å². The summed E-state index contributed by atoms with van der Waals surface area (Å²) in [6.45, 7) is 12.6. The van der Waals surface area contributed by atoms with E-state index in [-0.39, 0.29) is 10.8 Å². The Labute approximate surface area is 203 Å². The van der Waals surface area contributed by atoms with E-state index in [9.17, 15) is 5.11 Å². The number of aromatic nitrogens is 2. The predicted molar refractivity (Wildman–Crippen MR) is 134 cm³/mol. The Morgan fingerprint density at radius 2 is 1.79 bits per heavy atom. The van der Waals surface area contributed by atoms with Crippen LogP contribution in [0.15, 0.2) is 53.1 Å². The molecule has 1 aliphatic heterocycles. The summed E-state index contributed by atoms with van der Waals surface area (Å²) < 4.78 is 10.9. The van der Waals surface area contributed by atoms with Gasteiger partial charge in [-0.1, -0.05) is 68.4 Å². The highest BCUT2D eigenvalue weighted by Gasteiger charge is 2.55. The van der Waals surface area contributed by atoms with Crippen molar-refractivity contribution >= 4 is 0 Å². The summed E-state index contributed by atoms with van der Waals surface area (Å²) in [4.78, 5) is 6.90. The highest BCUT2D eigenvalue weighted by Crippen LogP contribution is 2.50. The molecule has 2 aromatic carbocycles. The maximum Gasteiger partial charge on any atom is 0.234 e. The van der Waals surface area contributed by atoms with E-state index in [2.05, 4.69) is 67.1 Å². The molecule has 1 aliphatic rings. The maximum atomic E-state index is 12.4. The quantitative estimate of drug-likeness (QED) is 0.508. The van der Waals surface area contributed by atoms with Crippen LogP contribution in [0.25, 0.3) is 11.4 Å². The van der Waals surface area contributed by atoms with E-state index >= 15 is 0 Å². The van der Waals surface area contributed by atoms with E-state index in [4.69, 9.17) is 9.26 Å². The molecular weight excluding hydrogens is 426 g/mol. The van der Waals surface area contributed by atoms with Crippen molar-refractivity contribution in [2.24, 2.45) is 5.41 Å². The molecule has 0 bridgehead atoms. The largest absolute Gasteiger partial charge is 0.384 e. The second-order valence-electron chi connectivity index (χ2n) is 11.0. The average Bonchev–Trinajstić information content (AvgIpc) is 3.29. The molecule has 0 saturated carbocycles. The molecule has 1 N–H and O–H groups in total. The van der Waals surface area contributed by atoms with Gasteiger partial charge in [-0.05, 0) is 49.6 Å². The van der Waals surface area contributed by atoms with Crippen molar-refractivity contribution in [3.05, 3.63) is 71.1 Å². The molecule has 1 atom stereocenters.